The summed E-state index contributed by atoms with van der Waals surface area (Å²) in [7, 11) is 4.11. The van der Waals surface area contributed by atoms with E-state index in [1.807, 2.05) is 54.6 Å². The summed E-state index contributed by atoms with van der Waals surface area (Å²) >= 11 is 0. The third-order valence-corrected chi connectivity index (χ3v) is 4.53. The molecule has 0 saturated carbocycles. The first-order chi connectivity index (χ1) is 14.7. The molecule has 0 fully saturated rings. The lowest BCUT2D eigenvalue weighted by molar-refractivity contribution is 0.0785. The molecule has 4 aromatic rings. The summed E-state index contributed by atoms with van der Waals surface area (Å²) in [5.74, 6) is 2.46. The van der Waals surface area contributed by atoms with Gasteiger partial charge in [0, 0.05) is 17.5 Å². The Labute approximate surface area is 175 Å². The average Bonchev–Trinajstić information content (AvgIpc) is 3.38. The predicted octanol–water partition coefficient (Wildman–Crippen LogP) is 4.53. The molecular formula is C23H25N3O4. The lowest BCUT2D eigenvalue weighted by Gasteiger charge is -2.10. The number of nitrogens with zero attached hydrogens (tertiary/aromatic N) is 3. The number of para-hydroxylation sites is 1. The van der Waals surface area contributed by atoms with Crippen LogP contribution in [0.5, 0.6) is 5.75 Å². The highest BCUT2D eigenvalue weighted by Gasteiger charge is 2.10. The number of hydrogen-bond acceptors (Lipinski definition) is 7. The van der Waals surface area contributed by atoms with Crippen molar-refractivity contribution in [1.29, 1.82) is 0 Å². The Hall–Kier alpha value is -3.16. The lowest BCUT2D eigenvalue weighted by Crippen LogP contribution is -2.15. The molecule has 0 saturated heterocycles. The molecule has 0 atom stereocenters. The van der Waals surface area contributed by atoms with Crippen LogP contribution in [0.4, 0.5) is 0 Å². The Balaban J connectivity index is 1.27. The van der Waals surface area contributed by atoms with Crippen molar-refractivity contribution in [2.45, 2.75) is 19.6 Å². The maximum atomic E-state index is 5.75. The fourth-order valence-electron chi connectivity index (χ4n) is 3.04. The van der Waals surface area contributed by atoms with Crippen LogP contribution in [0.25, 0.3) is 22.4 Å². The van der Waals surface area contributed by atoms with Gasteiger partial charge >= 0.3 is 0 Å². The Kier molecular flexibility index (Phi) is 6.41. The first-order valence-corrected chi connectivity index (χ1v) is 9.93. The van der Waals surface area contributed by atoms with E-state index in [9.17, 15) is 0 Å². The third-order valence-electron chi connectivity index (χ3n) is 4.53. The molecule has 2 aromatic heterocycles. The third kappa shape index (κ3) is 5.25. The van der Waals surface area contributed by atoms with Crippen LogP contribution >= 0.6 is 0 Å². The molecule has 2 aromatic carbocycles. The van der Waals surface area contributed by atoms with Crippen molar-refractivity contribution in [3.05, 3.63) is 66.2 Å². The SMILES string of the molecule is CN(C)CCCOc1ccc(-c2nnc(COCc3cc4ccccc4o3)o2)cc1. The molecule has 30 heavy (non-hydrogen) atoms. The summed E-state index contributed by atoms with van der Waals surface area (Å²) in [5, 5.41) is 9.22. The smallest absolute Gasteiger partial charge is 0.247 e. The molecule has 7 heteroatoms. The molecular weight excluding hydrogens is 382 g/mol. The van der Waals surface area contributed by atoms with Crippen molar-refractivity contribution in [3.63, 3.8) is 0 Å². The van der Waals surface area contributed by atoms with E-state index in [0.717, 1.165) is 41.0 Å². The van der Waals surface area contributed by atoms with Gasteiger partial charge in [0.1, 0.15) is 30.3 Å². The van der Waals surface area contributed by atoms with E-state index in [-0.39, 0.29) is 6.61 Å². The summed E-state index contributed by atoms with van der Waals surface area (Å²) in [5.41, 5.74) is 1.69. The molecule has 4 rings (SSSR count). The molecule has 0 aliphatic heterocycles. The van der Waals surface area contributed by atoms with Gasteiger partial charge in [-0.2, -0.15) is 0 Å². The molecule has 2 heterocycles. The maximum Gasteiger partial charge on any atom is 0.247 e. The minimum atomic E-state index is 0.219. The number of rotatable bonds is 10. The summed E-state index contributed by atoms with van der Waals surface area (Å²) in [6.07, 6.45) is 0.982. The van der Waals surface area contributed by atoms with Crippen LogP contribution in [-0.2, 0) is 18.0 Å². The summed E-state index contributed by atoms with van der Waals surface area (Å²) in [4.78, 5) is 2.14. The molecule has 0 spiro atoms. The zero-order valence-corrected chi connectivity index (χ0v) is 17.2. The highest BCUT2D eigenvalue weighted by molar-refractivity contribution is 5.77. The quantitative estimate of drug-likeness (QED) is 0.358. The number of benzene rings is 2. The summed E-state index contributed by atoms with van der Waals surface area (Å²) < 4.78 is 22.8. The molecule has 0 unspecified atom stereocenters. The summed E-state index contributed by atoms with van der Waals surface area (Å²) in [6.45, 7) is 2.25. The van der Waals surface area contributed by atoms with E-state index in [0.29, 0.717) is 25.0 Å². The second-order valence-electron chi connectivity index (χ2n) is 7.27. The van der Waals surface area contributed by atoms with Gasteiger partial charge < -0.3 is 23.2 Å². The normalized spacial score (nSPS) is 11.4. The monoisotopic (exact) mass is 407 g/mol. The number of furan rings is 1. The number of aromatic nitrogens is 2. The van der Waals surface area contributed by atoms with Gasteiger partial charge in [-0.05, 0) is 56.9 Å². The van der Waals surface area contributed by atoms with Crippen LogP contribution in [0.1, 0.15) is 18.1 Å². The van der Waals surface area contributed by atoms with Gasteiger partial charge in [-0.1, -0.05) is 18.2 Å². The van der Waals surface area contributed by atoms with Crippen molar-refractivity contribution in [1.82, 2.24) is 15.1 Å². The highest BCUT2D eigenvalue weighted by Crippen LogP contribution is 2.22. The van der Waals surface area contributed by atoms with Gasteiger partial charge in [0.25, 0.3) is 0 Å². The van der Waals surface area contributed by atoms with E-state index >= 15 is 0 Å². The minimum Gasteiger partial charge on any atom is -0.494 e. The van der Waals surface area contributed by atoms with Crippen LogP contribution in [-0.4, -0.2) is 42.3 Å². The molecule has 0 radical (unpaired) electrons. The van der Waals surface area contributed by atoms with E-state index in [1.165, 1.54) is 0 Å². The van der Waals surface area contributed by atoms with Crippen molar-refractivity contribution in [3.8, 4) is 17.2 Å². The van der Waals surface area contributed by atoms with Crippen LogP contribution in [0, 0.1) is 0 Å². The van der Waals surface area contributed by atoms with Crippen LogP contribution in [0.2, 0.25) is 0 Å². The number of ether oxygens (including phenoxy) is 2. The molecule has 0 amide bonds. The van der Waals surface area contributed by atoms with E-state index < -0.39 is 0 Å². The second-order valence-corrected chi connectivity index (χ2v) is 7.27. The molecule has 0 N–H and O–H groups in total. The Morgan fingerprint density at radius 1 is 0.933 bits per heavy atom. The molecule has 0 bridgehead atoms. The van der Waals surface area contributed by atoms with Crippen molar-refractivity contribution in [2.75, 3.05) is 27.2 Å². The molecule has 156 valence electrons. The van der Waals surface area contributed by atoms with Gasteiger partial charge in [0.05, 0.1) is 6.61 Å². The Morgan fingerprint density at radius 3 is 2.57 bits per heavy atom. The zero-order valence-electron chi connectivity index (χ0n) is 17.2. The predicted molar refractivity (Wildman–Crippen MR) is 113 cm³/mol. The van der Waals surface area contributed by atoms with Gasteiger partial charge in [0.15, 0.2) is 0 Å². The van der Waals surface area contributed by atoms with E-state index in [4.69, 9.17) is 18.3 Å². The maximum absolute atomic E-state index is 5.75. The lowest BCUT2D eigenvalue weighted by atomic mass is 10.2. The molecule has 0 aliphatic rings. The van der Waals surface area contributed by atoms with Crippen molar-refractivity contribution in [2.24, 2.45) is 0 Å². The first-order valence-electron chi connectivity index (χ1n) is 9.93. The van der Waals surface area contributed by atoms with Crippen molar-refractivity contribution < 1.29 is 18.3 Å². The number of hydrogen-bond donors (Lipinski definition) is 0. The molecule has 7 nitrogen and oxygen atoms in total. The molecule has 0 aliphatic carbocycles. The van der Waals surface area contributed by atoms with Gasteiger partial charge in [-0.25, -0.2) is 0 Å². The second kappa shape index (κ2) is 9.56. The Bertz CT molecular complexity index is 1040. The average molecular weight is 407 g/mol. The largest absolute Gasteiger partial charge is 0.494 e. The van der Waals surface area contributed by atoms with Gasteiger partial charge in [-0.15, -0.1) is 10.2 Å². The van der Waals surface area contributed by atoms with Crippen molar-refractivity contribution >= 4 is 11.0 Å². The highest BCUT2D eigenvalue weighted by atomic mass is 16.5. The zero-order chi connectivity index (χ0) is 20.8. The fourth-order valence-corrected chi connectivity index (χ4v) is 3.04. The standard InChI is InChI=1S/C23H25N3O4/c1-26(2)12-5-13-28-19-10-8-17(9-11-19)23-25-24-22(30-23)16-27-15-20-14-18-6-3-4-7-21(18)29-20/h3-4,6-11,14H,5,12-13,15-16H2,1-2H3. The van der Waals surface area contributed by atoms with E-state index in [2.05, 4.69) is 29.2 Å². The Morgan fingerprint density at radius 2 is 1.77 bits per heavy atom. The first kappa shape index (κ1) is 20.1. The topological polar surface area (TPSA) is 73.8 Å². The van der Waals surface area contributed by atoms with Gasteiger partial charge in [-0.3, -0.25) is 0 Å². The number of fused-ring (bicyclic) bond motifs is 1. The summed E-state index contributed by atoms with van der Waals surface area (Å²) in [6, 6.07) is 17.5. The van der Waals surface area contributed by atoms with Gasteiger partial charge in [0.2, 0.25) is 11.8 Å². The minimum absolute atomic E-state index is 0.219. The fraction of sp³-hybridized carbons (Fsp3) is 0.304. The van der Waals surface area contributed by atoms with E-state index in [1.54, 1.807) is 0 Å². The van der Waals surface area contributed by atoms with Crippen LogP contribution < -0.4 is 4.74 Å². The van der Waals surface area contributed by atoms with Crippen LogP contribution in [0.15, 0.2) is 63.4 Å². The van der Waals surface area contributed by atoms with Crippen LogP contribution in [0.3, 0.4) is 0 Å².